The van der Waals surface area contributed by atoms with E-state index in [2.05, 4.69) is 25.4 Å². The molecule has 3 aliphatic rings. The van der Waals surface area contributed by atoms with Crippen molar-refractivity contribution >= 4 is 29.4 Å². The number of amides is 3. The average Bonchev–Trinajstić information content (AvgIpc) is 2.69. The van der Waals surface area contributed by atoms with Crippen LogP contribution in [0.1, 0.15) is 36.2 Å². The third-order valence-electron chi connectivity index (χ3n) is 6.13. The Bertz CT molecular complexity index is 844. The summed E-state index contributed by atoms with van der Waals surface area (Å²) in [6.07, 6.45) is 4.07. The normalized spacial score (nSPS) is 23.6. The molecule has 160 valence electrons. The Balaban J connectivity index is 1.27. The largest absolute Gasteiger partial charge is 0.481 e. The molecule has 1 atom stereocenters. The van der Waals surface area contributed by atoms with Gasteiger partial charge in [0, 0.05) is 38.6 Å². The van der Waals surface area contributed by atoms with Gasteiger partial charge in [-0.1, -0.05) is 0 Å². The van der Waals surface area contributed by atoms with E-state index in [0.717, 1.165) is 31.6 Å². The minimum Gasteiger partial charge on any atom is -0.481 e. The molecule has 4 rings (SSSR count). The number of pyridine rings is 1. The number of likely N-dealkylation sites (tertiary alicyclic amines) is 1. The third-order valence-corrected chi connectivity index (χ3v) is 6.13. The summed E-state index contributed by atoms with van der Waals surface area (Å²) in [4.78, 5) is 55.0. The molecule has 30 heavy (non-hydrogen) atoms. The number of piperidine rings is 2. The summed E-state index contributed by atoms with van der Waals surface area (Å²) in [6, 6.07) is 3.17. The third kappa shape index (κ3) is 4.28. The fourth-order valence-electron chi connectivity index (χ4n) is 4.23. The van der Waals surface area contributed by atoms with E-state index in [0.29, 0.717) is 19.1 Å². The second-order valence-corrected chi connectivity index (χ2v) is 8.09. The van der Waals surface area contributed by atoms with Crippen molar-refractivity contribution in [3.05, 3.63) is 24.0 Å². The van der Waals surface area contributed by atoms with Gasteiger partial charge < -0.3 is 15.3 Å². The summed E-state index contributed by atoms with van der Waals surface area (Å²) >= 11 is 0. The highest BCUT2D eigenvalue weighted by atomic mass is 16.4. The van der Waals surface area contributed by atoms with Crippen LogP contribution in [0, 0.1) is 5.92 Å². The number of rotatable bonds is 5. The molecule has 0 saturated carbocycles. The van der Waals surface area contributed by atoms with Crippen molar-refractivity contribution in [1.29, 1.82) is 0 Å². The zero-order valence-electron chi connectivity index (χ0n) is 16.5. The second kappa shape index (κ2) is 8.39. The molecule has 10 heteroatoms. The predicted octanol–water partition coefficient (Wildman–Crippen LogP) is -0.398. The van der Waals surface area contributed by atoms with E-state index in [9.17, 15) is 19.2 Å². The first-order chi connectivity index (χ1) is 14.4. The molecule has 4 heterocycles. The molecule has 1 aromatic rings. The van der Waals surface area contributed by atoms with Gasteiger partial charge in [-0.2, -0.15) is 0 Å². The molecular weight excluding hydrogens is 390 g/mol. The molecule has 3 aliphatic heterocycles. The van der Waals surface area contributed by atoms with E-state index in [4.69, 9.17) is 5.11 Å². The smallest absolute Gasteiger partial charge is 0.309 e. The fourth-order valence-corrected chi connectivity index (χ4v) is 4.23. The number of carboxylic acid groups (broad SMARTS) is 1. The Morgan fingerprint density at radius 2 is 1.87 bits per heavy atom. The van der Waals surface area contributed by atoms with Gasteiger partial charge in [-0.15, -0.1) is 0 Å². The number of aliphatic carboxylic acids is 1. The van der Waals surface area contributed by atoms with Crippen molar-refractivity contribution in [2.45, 2.75) is 37.8 Å². The number of hydrogen-bond donors (Lipinski definition) is 3. The molecule has 0 spiro atoms. The lowest BCUT2D eigenvalue weighted by Crippen LogP contribution is -2.57. The molecule has 3 amide bonds. The van der Waals surface area contributed by atoms with E-state index in [1.54, 1.807) is 12.3 Å². The highest BCUT2D eigenvalue weighted by Gasteiger charge is 2.37. The minimum atomic E-state index is -0.724. The number of nitrogens with one attached hydrogen (secondary N) is 2. The molecule has 0 bridgehead atoms. The van der Waals surface area contributed by atoms with Gasteiger partial charge in [-0.05, 0) is 31.4 Å². The molecule has 0 aliphatic carbocycles. The van der Waals surface area contributed by atoms with Crippen molar-refractivity contribution < 1.29 is 24.3 Å². The number of nitrogens with zero attached hydrogens (tertiary/aromatic N) is 3. The SMILES string of the molecule is O=C1CCC(NC(=O)c2ccc(N3CCC(N4CC(C(=O)O)C4)CC3)cn2)C(=O)N1. The zero-order valence-corrected chi connectivity index (χ0v) is 16.5. The van der Waals surface area contributed by atoms with Crippen molar-refractivity contribution in [2.24, 2.45) is 5.92 Å². The zero-order chi connectivity index (χ0) is 21.3. The highest BCUT2D eigenvalue weighted by Crippen LogP contribution is 2.27. The molecule has 0 radical (unpaired) electrons. The Hall–Kier alpha value is -3.01. The van der Waals surface area contributed by atoms with Crippen LogP contribution < -0.4 is 15.5 Å². The van der Waals surface area contributed by atoms with Crippen molar-refractivity contribution in [2.75, 3.05) is 31.1 Å². The van der Waals surface area contributed by atoms with Crippen LogP contribution >= 0.6 is 0 Å². The van der Waals surface area contributed by atoms with E-state index in [-0.39, 0.29) is 30.4 Å². The van der Waals surface area contributed by atoms with E-state index in [1.807, 2.05) is 6.07 Å². The first-order valence-electron chi connectivity index (χ1n) is 10.2. The lowest BCUT2D eigenvalue weighted by molar-refractivity contribution is -0.149. The van der Waals surface area contributed by atoms with Gasteiger partial charge in [0.05, 0.1) is 17.8 Å². The van der Waals surface area contributed by atoms with Crippen LogP contribution in [0.3, 0.4) is 0 Å². The quantitative estimate of drug-likeness (QED) is 0.554. The Kier molecular flexibility index (Phi) is 5.67. The monoisotopic (exact) mass is 415 g/mol. The van der Waals surface area contributed by atoms with Gasteiger partial charge >= 0.3 is 5.97 Å². The molecule has 10 nitrogen and oxygen atoms in total. The van der Waals surface area contributed by atoms with Crippen molar-refractivity contribution in [3.8, 4) is 0 Å². The summed E-state index contributed by atoms with van der Waals surface area (Å²) in [5.74, 6) is -2.20. The average molecular weight is 415 g/mol. The minimum absolute atomic E-state index is 0.202. The maximum Gasteiger partial charge on any atom is 0.309 e. The second-order valence-electron chi connectivity index (χ2n) is 8.09. The van der Waals surface area contributed by atoms with Gasteiger partial charge in [-0.25, -0.2) is 4.98 Å². The van der Waals surface area contributed by atoms with E-state index >= 15 is 0 Å². The fraction of sp³-hybridized carbons (Fsp3) is 0.550. The molecule has 0 aromatic carbocycles. The van der Waals surface area contributed by atoms with Gasteiger partial charge in [0.15, 0.2) is 0 Å². The topological polar surface area (TPSA) is 132 Å². The number of carbonyl (C=O) groups is 4. The summed E-state index contributed by atoms with van der Waals surface area (Å²) < 4.78 is 0. The first-order valence-corrected chi connectivity index (χ1v) is 10.2. The van der Waals surface area contributed by atoms with E-state index < -0.39 is 23.8 Å². The molecule has 1 aromatic heterocycles. The Morgan fingerprint density at radius 1 is 1.13 bits per heavy atom. The van der Waals surface area contributed by atoms with Gasteiger partial charge in [0.25, 0.3) is 5.91 Å². The molecule has 3 fully saturated rings. The number of aromatic nitrogens is 1. The lowest BCUT2D eigenvalue weighted by Gasteiger charge is -2.46. The standard InChI is InChI=1S/C20H25N5O5/c26-17-4-3-16(19(28)23-17)22-18(27)15-2-1-14(9-21-15)24-7-5-13(6-8-24)25-10-12(11-25)20(29)30/h1-2,9,12-13,16H,3-8,10-11H2,(H,22,27)(H,29,30)(H,23,26,28). The number of anilines is 1. The van der Waals surface area contributed by atoms with Crippen molar-refractivity contribution in [3.63, 3.8) is 0 Å². The van der Waals surface area contributed by atoms with Gasteiger partial charge in [0.1, 0.15) is 11.7 Å². The maximum atomic E-state index is 12.4. The van der Waals surface area contributed by atoms with Gasteiger partial charge in [0.2, 0.25) is 11.8 Å². The summed E-state index contributed by atoms with van der Waals surface area (Å²) in [7, 11) is 0. The first kappa shape index (κ1) is 20.3. The number of imide groups is 1. The van der Waals surface area contributed by atoms with Crippen LogP contribution in [0.2, 0.25) is 0 Å². The van der Waals surface area contributed by atoms with Crippen LogP contribution in [0.25, 0.3) is 0 Å². The number of carboxylic acids is 1. The maximum absolute atomic E-state index is 12.4. The highest BCUT2D eigenvalue weighted by molar-refractivity contribution is 6.03. The molecular formula is C20H25N5O5. The summed E-state index contributed by atoms with van der Waals surface area (Å²) in [5.41, 5.74) is 1.15. The van der Waals surface area contributed by atoms with Crippen LogP contribution in [0.4, 0.5) is 5.69 Å². The van der Waals surface area contributed by atoms with Gasteiger partial charge in [-0.3, -0.25) is 29.4 Å². The summed E-state index contributed by atoms with van der Waals surface area (Å²) in [5, 5.41) is 13.8. The van der Waals surface area contributed by atoms with Crippen LogP contribution in [-0.4, -0.2) is 76.9 Å². The predicted molar refractivity (Wildman–Crippen MR) is 106 cm³/mol. The number of hydrogen-bond acceptors (Lipinski definition) is 7. The van der Waals surface area contributed by atoms with Crippen LogP contribution in [0.5, 0.6) is 0 Å². The Labute approximate surface area is 173 Å². The molecule has 1 unspecified atom stereocenters. The van der Waals surface area contributed by atoms with Crippen molar-refractivity contribution in [1.82, 2.24) is 20.5 Å². The van der Waals surface area contributed by atoms with E-state index in [1.165, 1.54) is 0 Å². The Morgan fingerprint density at radius 3 is 2.47 bits per heavy atom. The summed E-state index contributed by atoms with van der Waals surface area (Å²) in [6.45, 7) is 2.97. The molecule has 3 N–H and O–H groups in total. The van der Waals surface area contributed by atoms with Crippen LogP contribution in [0.15, 0.2) is 18.3 Å². The molecule has 3 saturated heterocycles. The van der Waals surface area contributed by atoms with Crippen LogP contribution in [-0.2, 0) is 14.4 Å². The number of carbonyl (C=O) groups excluding carboxylic acids is 3. The lowest BCUT2D eigenvalue weighted by atomic mass is 9.93.